The SMILES string of the molecule is Cc1cccc(C(=O)N2CCCCc3cc(C(O)(F)C(F)(F)F)ccc32)c1. The van der Waals surface area contributed by atoms with Crippen LogP contribution in [0.4, 0.5) is 23.2 Å². The van der Waals surface area contributed by atoms with Gasteiger partial charge in [0, 0.05) is 23.4 Å². The highest BCUT2D eigenvalue weighted by atomic mass is 19.4. The zero-order chi connectivity index (χ0) is 19.8. The third-order valence-corrected chi connectivity index (χ3v) is 4.72. The molecule has 0 spiro atoms. The number of amides is 1. The third kappa shape index (κ3) is 3.69. The standard InChI is InChI=1S/C20H19F4NO2/c1-13-5-4-7-15(11-13)18(26)25-10-3-2-6-14-12-16(8-9-17(14)25)19(21,27)20(22,23)24/h4-5,7-9,11-12,27H,2-3,6,10H2,1H3. The summed E-state index contributed by atoms with van der Waals surface area (Å²) in [7, 11) is 0. The van der Waals surface area contributed by atoms with Crippen molar-refractivity contribution < 1.29 is 27.5 Å². The predicted octanol–water partition coefficient (Wildman–Crippen LogP) is 4.66. The first-order valence-electron chi connectivity index (χ1n) is 8.61. The summed E-state index contributed by atoms with van der Waals surface area (Å²) in [5.74, 6) is -4.69. The molecule has 1 amide bonds. The van der Waals surface area contributed by atoms with Gasteiger partial charge < -0.3 is 10.0 Å². The van der Waals surface area contributed by atoms with Crippen LogP contribution in [-0.2, 0) is 12.3 Å². The number of rotatable bonds is 2. The minimum Gasteiger partial charge on any atom is -0.351 e. The summed E-state index contributed by atoms with van der Waals surface area (Å²) in [5, 5.41) is 9.31. The van der Waals surface area contributed by atoms with Crippen molar-refractivity contribution in [2.24, 2.45) is 0 Å². The molecule has 0 fully saturated rings. The Bertz CT molecular complexity index is 861. The number of halogens is 4. The Hall–Kier alpha value is -2.41. The first kappa shape index (κ1) is 19.4. The van der Waals surface area contributed by atoms with Crippen molar-refractivity contribution in [2.75, 3.05) is 11.4 Å². The van der Waals surface area contributed by atoms with Gasteiger partial charge in [-0.15, -0.1) is 0 Å². The molecule has 7 heteroatoms. The first-order valence-corrected chi connectivity index (χ1v) is 8.61. The van der Waals surface area contributed by atoms with Gasteiger partial charge in [-0.05, 0) is 56.0 Å². The normalized spacial score (nSPS) is 17.0. The van der Waals surface area contributed by atoms with E-state index in [1.165, 1.54) is 11.0 Å². The molecule has 3 nitrogen and oxygen atoms in total. The van der Waals surface area contributed by atoms with E-state index in [1.54, 1.807) is 18.2 Å². The molecule has 0 saturated heterocycles. The highest BCUT2D eigenvalue weighted by Crippen LogP contribution is 2.42. The molecule has 3 rings (SSSR count). The fourth-order valence-corrected chi connectivity index (χ4v) is 3.27. The molecule has 0 aromatic heterocycles. The van der Waals surface area contributed by atoms with E-state index < -0.39 is 17.6 Å². The van der Waals surface area contributed by atoms with Crippen molar-refractivity contribution in [1.82, 2.24) is 0 Å². The maximum absolute atomic E-state index is 13.9. The zero-order valence-electron chi connectivity index (χ0n) is 14.7. The van der Waals surface area contributed by atoms with E-state index in [2.05, 4.69) is 0 Å². The van der Waals surface area contributed by atoms with Crippen LogP contribution in [0.5, 0.6) is 0 Å². The highest BCUT2D eigenvalue weighted by molar-refractivity contribution is 6.06. The monoisotopic (exact) mass is 381 g/mol. The van der Waals surface area contributed by atoms with E-state index in [0.717, 1.165) is 17.7 Å². The number of carbonyl (C=O) groups excluding carboxylic acids is 1. The molecule has 1 unspecified atom stereocenters. The number of alkyl halides is 4. The lowest BCUT2D eigenvalue weighted by atomic mass is 9.99. The van der Waals surface area contributed by atoms with Gasteiger partial charge in [-0.2, -0.15) is 17.6 Å². The molecule has 1 aliphatic heterocycles. The first-order chi connectivity index (χ1) is 12.6. The molecule has 2 aromatic rings. The van der Waals surface area contributed by atoms with E-state index >= 15 is 0 Å². The van der Waals surface area contributed by atoms with Crippen LogP contribution in [0.2, 0.25) is 0 Å². The fourth-order valence-electron chi connectivity index (χ4n) is 3.27. The molecular weight excluding hydrogens is 362 g/mol. The summed E-state index contributed by atoms with van der Waals surface area (Å²) in [6.07, 6.45) is -3.73. The minimum atomic E-state index is -5.44. The van der Waals surface area contributed by atoms with Crippen LogP contribution in [0.1, 0.15) is 39.9 Å². The van der Waals surface area contributed by atoms with Crippen LogP contribution in [0.3, 0.4) is 0 Å². The smallest absolute Gasteiger partial charge is 0.351 e. The van der Waals surface area contributed by atoms with Crippen molar-refractivity contribution in [3.63, 3.8) is 0 Å². The Labute approximate surface area is 154 Å². The van der Waals surface area contributed by atoms with Crippen LogP contribution in [0, 0.1) is 6.92 Å². The third-order valence-electron chi connectivity index (χ3n) is 4.72. The van der Waals surface area contributed by atoms with Gasteiger partial charge in [-0.25, -0.2) is 0 Å². The van der Waals surface area contributed by atoms with E-state index in [1.807, 2.05) is 13.0 Å². The van der Waals surface area contributed by atoms with Crippen molar-refractivity contribution in [1.29, 1.82) is 0 Å². The Morgan fingerprint density at radius 3 is 2.48 bits per heavy atom. The largest absolute Gasteiger partial charge is 0.453 e. The zero-order valence-corrected chi connectivity index (χ0v) is 14.7. The van der Waals surface area contributed by atoms with Gasteiger partial charge in [0.15, 0.2) is 0 Å². The maximum atomic E-state index is 13.9. The second-order valence-electron chi connectivity index (χ2n) is 6.75. The second kappa shape index (κ2) is 6.96. The number of benzene rings is 2. The van der Waals surface area contributed by atoms with Crippen molar-refractivity contribution in [3.8, 4) is 0 Å². The molecule has 0 radical (unpaired) electrons. The number of carbonyl (C=O) groups is 1. The van der Waals surface area contributed by atoms with Crippen molar-refractivity contribution in [2.45, 2.75) is 38.2 Å². The Morgan fingerprint density at radius 1 is 1.07 bits per heavy atom. The molecule has 144 valence electrons. The number of fused-ring (bicyclic) bond motifs is 1. The highest BCUT2D eigenvalue weighted by Gasteiger charge is 2.56. The summed E-state index contributed by atoms with van der Waals surface area (Å²) in [4.78, 5) is 14.4. The molecule has 0 bridgehead atoms. The summed E-state index contributed by atoms with van der Waals surface area (Å²) >= 11 is 0. The van der Waals surface area contributed by atoms with Crippen LogP contribution in [0.25, 0.3) is 0 Å². The van der Waals surface area contributed by atoms with Crippen LogP contribution in [-0.4, -0.2) is 23.7 Å². The average molecular weight is 381 g/mol. The lowest BCUT2D eigenvalue weighted by Crippen LogP contribution is -2.38. The van der Waals surface area contributed by atoms with Gasteiger partial charge >= 0.3 is 12.0 Å². The number of hydrogen-bond donors (Lipinski definition) is 1. The molecule has 1 aliphatic rings. The van der Waals surface area contributed by atoms with E-state index in [-0.39, 0.29) is 5.91 Å². The second-order valence-corrected chi connectivity index (χ2v) is 6.75. The Balaban J connectivity index is 2.01. The predicted molar refractivity (Wildman–Crippen MR) is 93.3 cm³/mol. The van der Waals surface area contributed by atoms with Crippen LogP contribution < -0.4 is 4.90 Å². The summed E-state index contributed by atoms with van der Waals surface area (Å²) < 4.78 is 52.3. The van der Waals surface area contributed by atoms with Gasteiger partial charge in [0.25, 0.3) is 5.91 Å². The van der Waals surface area contributed by atoms with Crippen molar-refractivity contribution in [3.05, 3.63) is 64.7 Å². The van der Waals surface area contributed by atoms with Gasteiger partial charge in [-0.3, -0.25) is 4.79 Å². The van der Waals surface area contributed by atoms with Gasteiger partial charge in [0.2, 0.25) is 0 Å². The minimum absolute atomic E-state index is 0.263. The summed E-state index contributed by atoms with van der Waals surface area (Å²) in [6, 6.07) is 10.2. The Morgan fingerprint density at radius 2 is 1.81 bits per heavy atom. The van der Waals surface area contributed by atoms with Crippen LogP contribution in [0.15, 0.2) is 42.5 Å². The number of hydrogen-bond acceptors (Lipinski definition) is 2. The van der Waals surface area contributed by atoms with Gasteiger partial charge in [-0.1, -0.05) is 23.8 Å². The molecule has 1 heterocycles. The van der Waals surface area contributed by atoms with E-state index in [9.17, 15) is 27.5 Å². The summed E-state index contributed by atoms with van der Waals surface area (Å²) in [6.45, 7) is 2.27. The molecule has 0 aliphatic carbocycles. The van der Waals surface area contributed by atoms with Gasteiger partial charge in [0.05, 0.1) is 0 Å². The quantitative estimate of drug-likeness (QED) is 0.769. The van der Waals surface area contributed by atoms with Gasteiger partial charge in [0.1, 0.15) is 0 Å². The number of aryl methyl sites for hydroxylation is 2. The lowest BCUT2D eigenvalue weighted by molar-refractivity contribution is -0.323. The lowest BCUT2D eigenvalue weighted by Gasteiger charge is -2.26. The average Bonchev–Trinajstić information content (AvgIpc) is 2.82. The molecule has 1 N–H and O–H groups in total. The maximum Gasteiger partial charge on any atom is 0.453 e. The van der Waals surface area contributed by atoms with Crippen molar-refractivity contribution >= 4 is 11.6 Å². The molecular formula is C20H19F4NO2. The Kier molecular flexibility index (Phi) is 4.99. The van der Waals surface area contributed by atoms with E-state index in [0.29, 0.717) is 42.6 Å². The van der Waals surface area contributed by atoms with Crippen LogP contribution >= 0.6 is 0 Å². The molecule has 27 heavy (non-hydrogen) atoms. The number of aliphatic hydroxyl groups is 1. The summed E-state index contributed by atoms with van der Waals surface area (Å²) in [5.41, 5.74) is 1.37. The molecule has 1 atom stereocenters. The molecule has 2 aromatic carbocycles. The number of nitrogens with zero attached hydrogens (tertiary/aromatic N) is 1. The number of anilines is 1. The molecule has 0 saturated carbocycles. The topological polar surface area (TPSA) is 40.5 Å². The fraction of sp³-hybridized carbons (Fsp3) is 0.350. The van der Waals surface area contributed by atoms with E-state index in [4.69, 9.17) is 0 Å².